The van der Waals surface area contributed by atoms with Crippen molar-refractivity contribution in [3.8, 4) is 5.75 Å². The maximum absolute atomic E-state index is 11.7. The van der Waals surface area contributed by atoms with E-state index < -0.39 is 0 Å². The Morgan fingerprint density at radius 2 is 2.00 bits per heavy atom. The summed E-state index contributed by atoms with van der Waals surface area (Å²) < 4.78 is 11.1. The molecular weight excluding hydrogens is 298 g/mol. The highest BCUT2D eigenvalue weighted by atomic mass is 32.1. The van der Waals surface area contributed by atoms with Gasteiger partial charge in [-0.3, -0.25) is 4.79 Å². The molecule has 118 valence electrons. The number of benzene rings is 1. The average molecular weight is 319 g/mol. The number of thiol groups is 1. The lowest BCUT2D eigenvalue weighted by Gasteiger charge is -2.05. The fraction of sp³-hybridized carbons (Fsp3) is 0.353. The number of amides is 1. The summed E-state index contributed by atoms with van der Waals surface area (Å²) in [7, 11) is 0. The van der Waals surface area contributed by atoms with Crippen molar-refractivity contribution in [2.45, 2.75) is 26.4 Å². The smallest absolute Gasteiger partial charge is 0.287 e. The second-order valence-electron chi connectivity index (χ2n) is 4.93. The summed E-state index contributed by atoms with van der Waals surface area (Å²) in [4.78, 5) is 11.7. The Kier molecular flexibility index (Phi) is 6.40. The van der Waals surface area contributed by atoms with Crippen molar-refractivity contribution in [3.05, 3.63) is 53.5 Å². The fourth-order valence-electron chi connectivity index (χ4n) is 2.03. The Morgan fingerprint density at radius 3 is 2.68 bits per heavy atom. The van der Waals surface area contributed by atoms with E-state index in [-0.39, 0.29) is 5.91 Å². The van der Waals surface area contributed by atoms with Gasteiger partial charge in [-0.2, -0.15) is 12.6 Å². The Hall–Kier alpha value is -1.88. The van der Waals surface area contributed by atoms with Crippen molar-refractivity contribution < 1.29 is 13.9 Å². The number of nitrogens with one attached hydrogen (secondary N) is 1. The highest BCUT2D eigenvalue weighted by Gasteiger charge is 2.10. The number of hydrogen-bond acceptors (Lipinski definition) is 4. The first kappa shape index (κ1) is 16.5. The fourth-order valence-corrected chi connectivity index (χ4v) is 2.14. The highest BCUT2D eigenvalue weighted by Crippen LogP contribution is 2.16. The van der Waals surface area contributed by atoms with E-state index in [9.17, 15) is 4.79 Å². The molecule has 0 aliphatic heterocycles. The zero-order valence-electron chi connectivity index (χ0n) is 12.7. The molecule has 2 rings (SSSR count). The molecule has 0 fully saturated rings. The van der Waals surface area contributed by atoms with Crippen LogP contribution in [-0.4, -0.2) is 18.2 Å². The predicted molar refractivity (Wildman–Crippen MR) is 89.7 cm³/mol. The van der Waals surface area contributed by atoms with E-state index in [1.54, 1.807) is 12.1 Å². The Labute approximate surface area is 136 Å². The molecular formula is C17H21NO3S. The van der Waals surface area contributed by atoms with Crippen molar-refractivity contribution in [1.82, 2.24) is 5.32 Å². The summed E-state index contributed by atoms with van der Waals surface area (Å²) >= 11 is 4.04. The van der Waals surface area contributed by atoms with Gasteiger partial charge in [-0.1, -0.05) is 25.5 Å². The Morgan fingerprint density at radius 1 is 1.23 bits per heavy atom. The molecule has 1 aromatic heterocycles. The molecule has 0 unspecified atom stereocenters. The van der Waals surface area contributed by atoms with Crippen LogP contribution in [0.25, 0.3) is 0 Å². The van der Waals surface area contributed by atoms with Gasteiger partial charge in [-0.15, -0.1) is 0 Å². The van der Waals surface area contributed by atoms with Gasteiger partial charge in [0.15, 0.2) is 5.76 Å². The van der Waals surface area contributed by atoms with Gasteiger partial charge in [-0.25, -0.2) is 0 Å². The predicted octanol–water partition coefficient (Wildman–Crippen LogP) is 3.47. The van der Waals surface area contributed by atoms with E-state index in [0.717, 1.165) is 18.6 Å². The van der Waals surface area contributed by atoms with Crippen LogP contribution >= 0.6 is 12.6 Å². The summed E-state index contributed by atoms with van der Waals surface area (Å²) in [5.74, 6) is 2.06. The molecule has 0 atom stereocenters. The first-order valence-electron chi connectivity index (χ1n) is 7.42. The molecule has 0 saturated heterocycles. The molecule has 2 aromatic rings. The normalized spacial score (nSPS) is 10.5. The molecule has 4 nitrogen and oxygen atoms in total. The maximum atomic E-state index is 11.7. The molecule has 1 heterocycles. The minimum atomic E-state index is -0.232. The minimum absolute atomic E-state index is 0.232. The van der Waals surface area contributed by atoms with Gasteiger partial charge in [0.1, 0.15) is 18.1 Å². The van der Waals surface area contributed by atoms with Crippen LogP contribution in [0.1, 0.15) is 35.2 Å². The highest BCUT2D eigenvalue weighted by molar-refractivity contribution is 7.80. The standard InChI is InChI=1S/C17H21NO3S/c1-2-3-13-4-6-14(7-5-13)20-12-15-8-9-16(21-15)17(19)18-10-11-22/h4-9,22H,2-3,10-12H2,1H3,(H,18,19). The topological polar surface area (TPSA) is 51.5 Å². The zero-order chi connectivity index (χ0) is 15.8. The molecule has 0 radical (unpaired) electrons. The number of rotatable bonds is 8. The van der Waals surface area contributed by atoms with Gasteiger partial charge < -0.3 is 14.5 Å². The molecule has 5 heteroatoms. The van der Waals surface area contributed by atoms with Crippen LogP contribution in [0.3, 0.4) is 0 Å². The number of carbonyl (C=O) groups excluding carboxylic acids is 1. The molecule has 1 N–H and O–H groups in total. The summed E-state index contributed by atoms with van der Waals surface area (Å²) in [5, 5.41) is 2.70. The van der Waals surface area contributed by atoms with E-state index >= 15 is 0 Å². The summed E-state index contributed by atoms with van der Waals surface area (Å²) in [6, 6.07) is 11.4. The zero-order valence-corrected chi connectivity index (χ0v) is 13.6. The van der Waals surface area contributed by atoms with Crippen molar-refractivity contribution in [1.29, 1.82) is 0 Å². The number of aryl methyl sites for hydroxylation is 1. The van der Waals surface area contributed by atoms with Crippen LogP contribution in [0.2, 0.25) is 0 Å². The van der Waals surface area contributed by atoms with Gasteiger partial charge in [0.2, 0.25) is 0 Å². The van der Waals surface area contributed by atoms with Crippen LogP contribution in [0.5, 0.6) is 5.75 Å². The van der Waals surface area contributed by atoms with Crippen molar-refractivity contribution in [2.24, 2.45) is 0 Å². The SMILES string of the molecule is CCCc1ccc(OCc2ccc(C(=O)NCCS)o2)cc1. The molecule has 1 aromatic carbocycles. The van der Waals surface area contributed by atoms with Gasteiger partial charge in [0.05, 0.1) is 0 Å². The minimum Gasteiger partial charge on any atom is -0.486 e. The van der Waals surface area contributed by atoms with Gasteiger partial charge >= 0.3 is 0 Å². The van der Waals surface area contributed by atoms with Crippen LogP contribution in [0.4, 0.5) is 0 Å². The quantitative estimate of drug-likeness (QED) is 0.733. The third-order valence-corrected chi connectivity index (χ3v) is 3.35. The van der Waals surface area contributed by atoms with Crippen LogP contribution in [-0.2, 0) is 13.0 Å². The van der Waals surface area contributed by atoms with Gasteiger partial charge in [0, 0.05) is 12.3 Å². The van der Waals surface area contributed by atoms with Crippen LogP contribution in [0.15, 0.2) is 40.8 Å². The summed E-state index contributed by atoms with van der Waals surface area (Å²) in [6.45, 7) is 2.97. The van der Waals surface area contributed by atoms with E-state index in [0.29, 0.717) is 30.4 Å². The van der Waals surface area contributed by atoms with Crippen LogP contribution < -0.4 is 10.1 Å². The molecule has 0 aliphatic carbocycles. The maximum Gasteiger partial charge on any atom is 0.287 e. The van der Waals surface area contributed by atoms with Gasteiger partial charge in [0.25, 0.3) is 5.91 Å². The first-order chi connectivity index (χ1) is 10.7. The number of ether oxygens (including phenoxy) is 1. The van der Waals surface area contributed by atoms with E-state index in [4.69, 9.17) is 9.15 Å². The lowest BCUT2D eigenvalue weighted by molar-refractivity contribution is 0.0924. The summed E-state index contributed by atoms with van der Waals surface area (Å²) in [6.07, 6.45) is 2.20. The van der Waals surface area contributed by atoms with Crippen molar-refractivity contribution in [3.63, 3.8) is 0 Å². The molecule has 0 bridgehead atoms. The van der Waals surface area contributed by atoms with E-state index in [1.165, 1.54) is 5.56 Å². The monoisotopic (exact) mass is 319 g/mol. The lowest BCUT2D eigenvalue weighted by atomic mass is 10.1. The largest absolute Gasteiger partial charge is 0.486 e. The second kappa shape index (κ2) is 8.54. The number of hydrogen-bond donors (Lipinski definition) is 2. The molecule has 0 aliphatic rings. The Balaban J connectivity index is 1.86. The molecule has 1 amide bonds. The van der Waals surface area contributed by atoms with Crippen LogP contribution in [0, 0.1) is 0 Å². The third kappa shape index (κ3) is 4.84. The molecule has 0 saturated carbocycles. The molecule has 0 spiro atoms. The first-order valence-corrected chi connectivity index (χ1v) is 8.05. The van der Waals surface area contributed by atoms with E-state index in [2.05, 4.69) is 37.0 Å². The lowest BCUT2D eigenvalue weighted by Crippen LogP contribution is -2.24. The van der Waals surface area contributed by atoms with Crippen molar-refractivity contribution in [2.75, 3.05) is 12.3 Å². The Bertz CT molecular complexity index is 592. The summed E-state index contributed by atoms with van der Waals surface area (Å²) in [5.41, 5.74) is 1.30. The van der Waals surface area contributed by atoms with Crippen molar-refractivity contribution >= 4 is 18.5 Å². The average Bonchev–Trinajstić information content (AvgIpc) is 3.01. The third-order valence-electron chi connectivity index (χ3n) is 3.13. The number of carbonyl (C=O) groups is 1. The number of furan rings is 1. The second-order valence-corrected chi connectivity index (χ2v) is 5.38. The van der Waals surface area contributed by atoms with E-state index in [1.807, 2.05) is 12.1 Å². The van der Waals surface area contributed by atoms with Gasteiger partial charge in [-0.05, 0) is 36.2 Å². The molecule has 22 heavy (non-hydrogen) atoms.